The predicted molar refractivity (Wildman–Crippen MR) is 77.4 cm³/mol. The zero-order valence-corrected chi connectivity index (χ0v) is 11.0. The van der Waals surface area contributed by atoms with E-state index in [4.69, 9.17) is 5.73 Å². The lowest BCUT2D eigenvalue weighted by Crippen LogP contribution is -2.19. The molecular weight excluding hydrogens is 276 g/mol. The van der Waals surface area contributed by atoms with Gasteiger partial charge in [0.15, 0.2) is 0 Å². The number of halogens is 2. The number of carbonyl (C=O) groups excluding carboxylic acids is 1. The van der Waals surface area contributed by atoms with E-state index < -0.39 is 11.6 Å². The van der Waals surface area contributed by atoms with Gasteiger partial charge in [-0.3, -0.25) is 4.79 Å². The van der Waals surface area contributed by atoms with Crippen LogP contribution in [0.15, 0.2) is 30.3 Å². The Labute approximate surface area is 120 Å². The van der Waals surface area contributed by atoms with Crippen molar-refractivity contribution in [3.63, 3.8) is 0 Å². The zero-order valence-electron chi connectivity index (χ0n) is 11.0. The Morgan fingerprint density at radius 3 is 2.48 bits per heavy atom. The molecule has 4 N–H and O–H groups in total. The van der Waals surface area contributed by atoms with Crippen LogP contribution in [0.4, 0.5) is 31.5 Å². The monoisotopic (exact) mass is 289 g/mol. The molecule has 1 heterocycles. The molecule has 0 unspecified atom stereocenters. The Morgan fingerprint density at radius 1 is 1.05 bits per heavy atom. The van der Waals surface area contributed by atoms with Crippen molar-refractivity contribution in [2.24, 2.45) is 0 Å². The number of aryl methyl sites for hydroxylation is 1. The van der Waals surface area contributed by atoms with Crippen molar-refractivity contribution >= 4 is 28.7 Å². The third-order valence-electron chi connectivity index (χ3n) is 3.31. The first-order chi connectivity index (χ1) is 10.0. The van der Waals surface area contributed by atoms with Gasteiger partial charge in [-0.05, 0) is 36.2 Å². The van der Waals surface area contributed by atoms with Gasteiger partial charge in [0.25, 0.3) is 0 Å². The average molecular weight is 289 g/mol. The highest BCUT2D eigenvalue weighted by Crippen LogP contribution is 2.32. The molecule has 0 saturated heterocycles. The van der Waals surface area contributed by atoms with Crippen molar-refractivity contribution in [1.82, 2.24) is 0 Å². The lowest BCUT2D eigenvalue weighted by molar-refractivity contribution is -0.116. The number of carbonyl (C=O) groups is 1. The maximum atomic E-state index is 13.2. The molecule has 1 aliphatic rings. The Balaban J connectivity index is 1.94. The van der Waals surface area contributed by atoms with Crippen LogP contribution < -0.4 is 16.4 Å². The van der Waals surface area contributed by atoms with Gasteiger partial charge in [0.2, 0.25) is 5.91 Å². The molecule has 0 aliphatic carbocycles. The molecule has 0 aromatic heterocycles. The van der Waals surface area contributed by atoms with Crippen LogP contribution in [0, 0.1) is 11.6 Å². The molecule has 1 amide bonds. The summed E-state index contributed by atoms with van der Waals surface area (Å²) in [5.41, 5.74) is 8.74. The van der Waals surface area contributed by atoms with Crippen LogP contribution in [-0.4, -0.2) is 5.91 Å². The summed E-state index contributed by atoms with van der Waals surface area (Å²) < 4.78 is 26.4. The number of amides is 1. The second kappa shape index (κ2) is 5.05. The van der Waals surface area contributed by atoms with E-state index in [1.54, 1.807) is 12.1 Å². The molecule has 0 saturated carbocycles. The number of nitrogen functional groups attached to an aromatic ring is 1. The molecule has 6 heteroatoms. The molecular formula is C15H13F2N3O. The molecule has 21 heavy (non-hydrogen) atoms. The molecule has 0 bridgehead atoms. The Hall–Kier alpha value is -2.63. The topological polar surface area (TPSA) is 67.1 Å². The highest BCUT2D eigenvalue weighted by molar-refractivity contribution is 5.95. The van der Waals surface area contributed by atoms with E-state index in [-0.39, 0.29) is 11.6 Å². The largest absolute Gasteiger partial charge is 0.397 e. The molecule has 0 fully saturated rings. The fourth-order valence-corrected chi connectivity index (χ4v) is 2.34. The quantitative estimate of drug-likeness (QED) is 0.744. The van der Waals surface area contributed by atoms with E-state index >= 15 is 0 Å². The van der Waals surface area contributed by atoms with Gasteiger partial charge in [0, 0.05) is 23.9 Å². The number of hydrogen-bond acceptors (Lipinski definition) is 3. The van der Waals surface area contributed by atoms with E-state index in [2.05, 4.69) is 10.6 Å². The summed E-state index contributed by atoms with van der Waals surface area (Å²) in [6.07, 6.45) is 1.01. The predicted octanol–water partition coefficient (Wildman–Crippen LogP) is 3.18. The van der Waals surface area contributed by atoms with Crippen LogP contribution in [0.3, 0.4) is 0 Å². The SMILES string of the molecule is Nc1cc2c(cc1Nc1cc(F)cc(F)c1)CCC(=O)N2. The van der Waals surface area contributed by atoms with Crippen LogP contribution in [-0.2, 0) is 11.2 Å². The van der Waals surface area contributed by atoms with Crippen molar-refractivity contribution in [3.8, 4) is 0 Å². The van der Waals surface area contributed by atoms with Gasteiger partial charge in [-0.1, -0.05) is 0 Å². The first-order valence-electron chi connectivity index (χ1n) is 6.46. The third-order valence-corrected chi connectivity index (χ3v) is 3.31. The maximum Gasteiger partial charge on any atom is 0.224 e. The van der Waals surface area contributed by atoms with E-state index in [0.717, 1.165) is 11.6 Å². The molecule has 2 aromatic rings. The number of nitrogens with two attached hydrogens (primary N) is 1. The van der Waals surface area contributed by atoms with Crippen LogP contribution in [0.25, 0.3) is 0 Å². The highest BCUT2D eigenvalue weighted by Gasteiger charge is 2.16. The summed E-state index contributed by atoms with van der Waals surface area (Å²) in [6.45, 7) is 0. The van der Waals surface area contributed by atoms with Crippen molar-refractivity contribution in [2.75, 3.05) is 16.4 Å². The van der Waals surface area contributed by atoms with E-state index in [1.807, 2.05) is 0 Å². The molecule has 0 atom stereocenters. The number of anilines is 4. The van der Waals surface area contributed by atoms with Crippen LogP contribution >= 0.6 is 0 Å². The fraction of sp³-hybridized carbons (Fsp3) is 0.133. The number of hydrogen-bond donors (Lipinski definition) is 3. The van der Waals surface area contributed by atoms with E-state index in [1.165, 1.54) is 12.1 Å². The van der Waals surface area contributed by atoms with Crippen LogP contribution in [0.5, 0.6) is 0 Å². The Kier molecular flexibility index (Phi) is 3.21. The second-order valence-corrected chi connectivity index (χ2v) is 4.93. The number of nitrogens with one attached hydrogen (secondary N) is 2. The minimum absolute atomic E-state index is 0.0465. The van der Waals surface area contributed by atoms with Gasteiger partial charge < -0.3 is 16.4 Å². The Morgan fingerprint density at radius 2 is 1.76 bits per heavy atom. The summed E-state index contributed by atoms with van der Waals surface area (Å²) in [5, 5.41) is 5.64. The summed E-state index contributed by atoms with van der Waals surface area (Å²) in [7, 11) is 0. The Bertz CT molecular complexity index is 711. The van der Waals surface area contributed by atoms with Crippen molar-refractivity contribution < 1.29 is 13.6 Å². The van der Waals surface area contributed by atoms with Gasteiger partial charge in [-0.25, -0.2) is 8.78 Å². The minimum atomic E-state index is -0.665. The number of fused-ring (bicyclic) bond motifs is 1. The first-order valence-corrected chi connectivity index (χ1v) is 6.46. The van der Waals surface area contributed by atoms with Crippen molar-refractivity contribution in [2.45, 2.75) is 12.8 Å². The zero-order chi connectivity index (χ0) is 15.0. The summed E-state index contributed by atoms with van der Waals surface area (Å²) in [6, 6.07) is 6.60. The highest BCUT2D eigenvalue weighted by atomic mass is 19.1. The van der Waals surface area contributed by atoms with Gasteiger partial charge in [0.1, 0.15) is 11.6 Å². The molecule has 1 aliphatic heterocycles. The average Bonchev–Trinajstić information content (AvgIpc) is 2.38. The lowest BCUT2D eigenvalue weighted by Gasteiger charge is -2.20. The molecule has 2 aromatic carbocycles. The smallest absolute Gasteiger partial charge is 0.224 e. The van der Waals surface area contributed by atoms with Gasteiger partial charge >= 0.3 is 0 Å². The number of benzene rings is 2. The standard InChI is InChI=1S/C15H13F2N3O/c16-9-4-10(17)6-11(5-9)19-14-3-8-1-2-15(21)20-13(8)7-12(14)18/h3-7,19H,1-2,18H2,(H,20,21). The minimum Gasteiger partial charge on any atom is -0.397 e. The van der Waals surface area contributed by atoms with Gasteiger partial charge in [-0.2, -0.15) is 0 Å². The summed E-state index contributed by atoms with van der Waals surface area (Å²) >= 11 is 0. The fourth-order valence-electron chi connectivity index (χ4n) is 2.34. The lowest BCUT2D eigenvalue weighted by atomic mass is 10.0. The van der Waals surface area contributed by atoms with Crippen LogP contribution in [0.2, 0.25) is 0 Å². The summed E-state index contributed by atoms with van der Waals surface area (Å²) in [5.74, 6) is -1.38. The first kappa shape index (κ1) is 13.4. The summed E-state index contributed by atoms with van der Waals surface area (Å²) in [4.78, 5) is 11.3. The van der Waals surface area contributed by atoms with Gasteiger partial charge in [0.05, 0.1) is 11.4 Å². The molecule has 0 spiro atoms. The third kappa shape index (κ3) is 2.79. The van der Waals surface area contributed by atoms with Gasteiger partial charge in [-0.15, -0.1) is 0 Å². The van der Waals surface area contributed by atoms with E-state index in [9.17, 15) is 13.6 Å². The maximum absolute atomic E-state index is 13.2. The molecule has 108 valence electrons. The van der Waals surface area contributed by atoms with Crippen molar-refractivity contribution in [1.29, 1.82) is 0 Å². The van der Waals surface area contributed by atoms with Crippen LogP contribution in [0.1, 0.15) is 12.0 Å². The molecule has 4 nitrogen and oxygen atoms in total. The van der Waals surface area contributed by atoms with E-state index in [0.29, 0.717) is 29.9 Å². The number of rotatable bonds is 2. The molecule has 3 rings (SSSR count). The molecule has 0 radical (unpaired) electrons. The van der Waals surface area contributed by atoms with Crippen molar-refractivity contribution in [3.05, 3.63) is 47.5 Å². The normalized spacial score (nSPS) is 13.5. The second-order valence-electron chi connectivity index (χ2n) is 4.93.